The molecule has 1 aliphatic heterocycles. The molecule has 0 spiro atoms. The monoisotopic (exact) mass is 397 g/mol. The molecule has 0 atom stereocenters. The van der Waals surface area contributed by atoms with Crippen molar-refractivity contribution in [3.63, 3.8) is 0 Å². The Morgan fingerprint density at radius 2 is 1.69 bits per heavy atom. The molecule has 0 radical (unpaired) electrons. The van der Waals surface area contributed by atoms with Crippen molar-refractivity contribution < 1.29 is 19.4 Å². The largest absolute Gasteiger partial charge is 0.490 e. The van der Waals surface area contributed by atoms with E-state index in [-0.39, 0.29) is 12.0 Å². The SMILES string of the molecule is Cc1ccc(C(=O)Nc2ccc(N3CCN(C(=O)O)CC3)cc2)c(OC(C)C)c1. The van der Waals surface area contributed by atoms with Gasteiger partial charge in [-0.25, -0.2) is 4.79 Å². The maximum atomic E-state index is 12.8. The second-order valence-corrected chi connectivity index (χ2v) is 7.42. The number of hydrogen-bond acceptors (Lipinski definition) is 4. The second kappa shape index (κ2) is 8.86. The molecule has 2 aromatic carbocycles. The lowest BCUT2D eigenvalue weighted by atomic mass is 10.1. The number of carbonyl (C=O) groups is 2. The molecule has 0 aromatic heterocycles. The predicted molar refractivity (Wildman–Crippen MR) is 113 cm³/mol. The third-order valence-electron chi connectivity index (χ3n) is 4.78. The molecule has 3 rings (SSSR count). The highest BCUT2D eigenvalue weighted by atomic mass is 16.5. The van der Waals surface area contributed by atoms with Gasteiger partial charge in [0.25, 0.3) is 5.91 Å². The van der Waals surface area contributed by atoms with Crippen molar-refractivity contribution in [2.24, 2.45) is 0 Å². The van der Waals surface area contributed by atoms with Crippen LogP contribution in [0.2, 0.25) is 0 Å². The minimum Gasteiger partial charge on any atom is -0.490 e. The molecule has 0 aliphatic carbocycles. The van der Waals surface area contributed by atoms with Gasteiger partial charge in [-0.3, -0.25) is 4.79 Å². The molecule has 0 bridgehead atoms. The molecule has 1 fully saturated rings. The summed E-state index contributed by atoms with van der Waals surface area (Å²) in [6, 6.07) is 13.1. The predicted octanol–water partition coefficient (Wildman–Crippen LogP) is 3.83. The van der Waals surface area contributed by atoms with Gasteiger partial charge in [-0.15, -0.1) is 0 Å². The fraction of sp³-hybridized carbons (Fsp3) is 0.364. The van der Waals surface area contributed by atoms with E-state index >= 15 is 0 Å². The molecule has 7 heteroatoms. The summed E-state index contributed by atoms with van der Waals surface area (Å²) in [6.07, 6.45) is -0.899. The maximum Gasteiger partial charge on any atom is 0.407 e. The number of carbonyl (C=O) groups excluding carboxylic acids is 1. The first-order valence-corrected chi connectivity index (χ1v) is 9.75. The van der Waals surface area contributed by atoms with Crippen LogP contribution in [0.5, 0.6) is 5.75 Å². The molecule has 7 nitrogen and oxygen atoms in total. The highest BCUT2D eigenvalue weighted by molar-refractivity contribution is 6.06. The van der Waals surface area contributed by atoms with Crippen LogP contribution in [0.3, 0.4) is 0 Å². The lowest BCUT2D eigenvalue weighted by molar-refractivity contribution is 0.102. The van der Waals surface area contributed by atoms with Gasteiger partial charge in [-0.2, -0.15) is 0 Å². The molecular formula is C22H27N3O4. The standard InChI is InChI=1S/C22H27N3O4/c1-15(2)29-20-14-16(3)4-9-19(20)21(26)23-17-5-7-18(8-6-17)24-10-12-25(13-11-24)22(27)28/h4-9,14-15H,10-13H2,1-3H3,(H,23,26)(H,27,28). The molecule has 154 valence electrons. The maximum absolute atomic E-state index is 12.8. The van der Waals surface area contributed by atoms with Crippen LogP contribution in [0.4, 0.5) is 16.2 Å². The molecule has 2 amide bonds. The summed E-state index contributed by atoms with van der Waals surface area (Å²) in [6.45, 7) is 8.09. The van der Waals surface area contributed by atoms with Crippen molar-refractivity contribution in [1.29, 1.82) is 0 Å². The highest BCUT2D eigenvalue weighted by Gasteiger charge is 2.20. The number of amides is 2. The summed E-state index contributed by atoms with van der Waals surface area (Å²) < 4.78 is 5.80. The Morgan fingerprint density at radius 1 is 1.03 bits per heavy atom. The van der Waals surface area contributed by atoms with Crippen molar-refractivity contribution in [2.45, 2.75) is 26.9 Å². The van der Waals surface area contributed by atoms with Crippen LogP contribution in [0.15, 0.2) is 42.5 Å². The Morgan fingerprint density at radius 3 is 2.28 bits per heavy atom. The number of rotatable bonds is 5. The number of nitrogens with zero attached hydrogens (tertiary/aromatic N) is 2. The summed E-state index contributed by atoms with van der Waals surface area (Å²) in [5, 5.41) is 12.0. The minimum absolute atomic E-state index is 0.0239. The van der Waals surface area contributed by atoms with E-state index in [2.05, 4.69) is 10.2 Å². The lowest BCUT2D eigenvalue weighted by Crippen LogP contribution is -2.48. The van der Waals surface area contributed by atoms with Crippen LogP contribution < -0.4 is 15.0 Å². The summed E-state index contributed by atoms with van der Waals surface area (Å²) in [5.74, 6) is 0.355. The van der Waals surface area contributed by atoms with E-state index in [1.165, 1.54) is 4.90 Å². The Labute approximate surface area is 170 Å². The Hall–Kier alpha value is -3.22. The van der Waals surface area contributed by atoms with Gasteiger partial charge in [0.15, 0.2) is 0 Å². The van der Waals surface area contributed by atoms with E-state index in [9.17, 15) is 9.59 Å². The van der Waals surface area contributed by atoms with Crippen LogP contribution in [0, 0.1) is 6.92 Å². The van der Waals surface area contributed by atoms with Gasteiger partial charge in [-0.05, 0) is 62.7 Å². The van der Waals surface area contributed by atoms with Crippen molar-refractivity contribution in [2.75, 3.05) is 36.4 Å². The van der Waals surface area contributed by atoms with Crippen LogP contribution in [-0.4, -0.2) is 54.3 Å². The zero-order valence-electron chi connectivity index (χ0n) is 17.0. The number of piperazine rings is 1. The summed E-state index contributed by atoms with van der Waals surface area (Å²) in [7, 11) is 0. The normalized spacial score (nSPS) is 14.1. The quantitative estimate of drug-likeness (QED) is 0.801. The van der Waals surface area contributed by atoms with E-state index in [1.54, 1.807) is 6.07 Å². The van der Waals surface area contributed by atoms with Gasteiger partial charge < -0.3 is 25.0 Å². The number of nitrogens with one attached hydrogen (secondary N) is 1. The van der Waals surface area contributed by atoms with E-state index in [1.807, 2.05) is 57.2 Å². The van der Waals surface area contributed by atoms with Gasteiger partial charge in [0.2, 0.25) is 0 Å². The van der Waals surface area contributed by atoms with Gasteiger partial charge >= 0.3 is 6.09 Å². The summed E-state index contributed by atoms with van der Waals surface area (Å²) in [5.41, 5.74) is 3.23. The Balaban J connectivity index is 1.66. The number of benzene rings is 2. The molecular weight excluding hydrogens is 370 g/mol. The zero-order valence-corrected chi connectivity index (χ0v) is 17.0. The number of aryl methyl sites for hydroxylation is 1. The fourth-order valence-electron chi connectivity index (χ4n) is 3.28. The van der Waals surface area contributed by atoms with Crippen molar-refractivity contribution in [3.05, 3.63) is 53.6 Å². The first-order valence-electron chi connectivity index (χ1n) is 9.75. The third-order valence-corrected chi connectivity index (χ3v) is 4.78. The lowest BCUT2D eigenvalue weighted by Gasteiger charge is -2.34. The molecule has 1 saturated heterocycles. The van der Waals surface area contributed by atoms with Crippen molar-refractivity contribution in [1.82, 2.24) is 4.90 Å². The van der Waals surface area contributed by atoms with Crippen LogP contribution in [0.25, 0.3) is 0 Å². The molecule has 0 unspecified atom stereocenters. The molecule has 1 heterocycles. The van der Waals surface area contributed by atoms with E-state index < -0.39 is 6.09 Å². The van der Waals surface area contributed by atoms with E-state index in [0.717, 1.165) is 11.3 Å². The number of anilines is 2. The van der Waals surface area contributed by atoms with E-state index in [4.69, 9.17) is 9.84 Å². The number of ether oxygens (including phenoxy) is 1. The van der Waals surface area contributed by atoms with Crippen LogP contribution in [-0.2, 0) is 0 Å². The molecule has 29 heavy (non-hydrogen) atoms. The number of carboxylic acid groups (broad SMARTS) is 1. The van der Waals surface area contributed by atoms with Crippen molar-refractivity contribution >= 4 is 23.4 Å². The summed E-state index contributed by atoms with van der Waals surface area (Å²) >= 11 is 0. The zero-order chi connectivity index (χ0) is 21.0. The highest BCUT2D eigenvalue weighted by Crippen LogP contribution is 2.24. The van der Waals surface area contributed by atoms with Gasteiger partial charge in [0.1, 0.15) is 5.75 Å². The van der Waals surface area contributed by atoms with Gasteiger partial charge in [0.05, 0.1) is 11.7 Å². The Bertz CT molecular complexity index is 872. The Kier molecular flexibility index (Phi) is 6.26. The average Bonchev–Trinajstić information content (AvgIpc) is 2.68. The smallest absolute Gasteiger partial charge is 0.407 e. The summed E-state index contributed by atoms with van der Waals surface area (Å²) in [4.78, 5) is 27.3. The van der Waals surface area contributed by atoms with E-state index in [0.29, 0.717) is 43.2 Å². The van der Waals surface area contributed by atoms with Crippen molar-refractivity contribution in [3.8, 4) is 5.75 Å². The third kappa shape index (κ3) is 5.19. The topological polar surface area (TPSA) is 82.1 Å². The first-order chi connectivity index (χ1) is 13.8. The van der Waals surface area contributed by atoms with Gasteiger partial charge in [-0.1, -0.05) is 6.07 Å². The van der Waals surface area contributed by atoms with Crippen LogP contribution >= 0.6 is 0 Å². The van der Waals surface area contributed by atoms with Gasteiger partial charge in [0, 0.05) is 37.6 Å². The molecule has 2 aromatic rings. The fourth-order valence-corrected chi connectivity index (χ4v) is 3.28. The minimum atomic E-state index is -0.875. The first kappa shape index (κ1) is 20.5. The number of hydrogen-bond donors (Lipinski definition) is 2. The second-order valence-electron chi connectivity index (χ2n) is 7.42. The molecule has 0 saturated carbocycles. The molecule has 2 N–H and O–H groups in total. The molecule has 1 aliphatic rings. The van der Waals surface area contributed by atoms with Crippen LogP contribution in [0.1, 0.15) is 29.8 Å². The average molecular weight is 397 g/mol.